The van der Waals surface area contributed by atoms with E-state index in [0.717, 1.165) is 0 Å². The summed E-state index contributed by atoms with van der Waals surface area (Å²) >= 11 is 12.0. The molecule has 5 nitrogen and oxygen atoms in total. The van der Waals surface area contributed by atoms with Crippen molar-refractivity contribution < 1.29 is 4.79 Å². The minimum Gasteiger partial charge on any atom is -0.341 e. The Bertz CT molecular complexity index is 735. The predicted molar refractivity (Wildman–Crippen MR) is 85.9 cm³/mol. The number of fused-ring (bicyclic) bond motifs is 1. The molecule has 0 bridgehead atoms. The third-order valence-corrected chi connectivity index (χ3v) is 3.79. The van der Waals surface area contributed by atoms with Crippen LogP contribution in [0.25, 0.3) is 5.65 Å². The first kappa shape index (κ1) is 16.6. The largest absolute Gasteiger partial charge is 0.341 e. The summed E-state index contributed by atoms with van der Waals surface area (Å²) in [6, 6.07) is 3.75. The van der Waals surface area contributed by atoms with Gasteiger partial charge in [0, 0.05) is 25.5 Å². The van der Waals surface area contributed by atoms with E-state index in [1.807, 2.05) is 6.92 Å². The third-order valence-electron chi connectivity index (χ3n) is 3.30. The van der Waals surface area contributed by atoms with E-state index in [4.69, 9.17) is 28.5 Å². The van der Waals surface area contributed by atoms with Gasteiger partial charge < -0.3 is 9.30 Å². The number of imidazole rings is 1. The van der Waals surface area contributed by atoms with Crippen LogP contribution in [0, 0.1) is 17.2 Å². The highest BCUT2D eigenvalue weighted by Crippen LogP contribution is 2.22. The lowest BCUT2D eigenvalue weighted by atomic mass is 10.2. The molecular formula is C15H16Cl2N4O. The van der Waals surface area contributed by atoms with Crippen LogP contribution in [-0.4, -0.2) is 33.3 Å². The van der Waals surface area contributed by atoms with Crippen molar-refractivity contribution in [3.05, 3.63) is 34.2 Å². The Hall–Kier alpha value is -1.77. The molecule has 0 aliphatic heterocycles. The van der Waals surface area contributed by atoms with Crippen LogP contribution in [0.15, 0.2) is 18.5 Å². The molecule has 2 heterocycles. The van der Waals surface area contributed by atoms with Crippen molar-refractivity contribution in [2.75, 3.05) is 13.1 Å². The van der Waals surface area contributed by atoms with Crippen LogP contribution in [0.3, 0.4) is 0 Å². The molecule has 1 atom stereocenters. The number of likely N-dealkylation sites (N-methyl/N-ethyl adjacent to an activating group) is 1. The maximum Gasteiger partial charge on any atom is 0.228 e. The highest BCUT2D eigenvalue weighted by Gasteiger charge is 2.17. The Morgan fingerprint density at radius 3 is 2.86 bits per heavy atom. The number of nitrogens with zero attached hydrogens (tertiary/aromatic N) is 4. The first-order valence-electron chi connectivity index (χ1n) is 6.94. The quantitative estimate of drug-likeness (QED) is 0.840. The van der Waals surface area contributed by atoms with Gasteiger partial charge in [0.25, 0.3) is 0 Å². The van der Waals surface area contributed by atoms with Gasteiger partial charge in [0.1, 0.15) is 0 Å². The standard InChI is InChI=1S/C15H16Cl2N4O/c1-3-20(7-10(2)6-18)14(22)5-12-9-21-8-11(16)4-13(17)15(21)19-12/h4,8-10H,3,5,7H2,1-2H3/t10-/m0/s1. The SMILES string of the molecule is CCN(C[C@@H](C)C#N)C(=O)Cc1cn2cc(Cl)cc(Cl)c2n1. The molecule has 0 radical (unpaired) electrons. The Morgan fingerprint density at radius 2 is 2.23 bits per heavy atom. The Kier molecular flexibility index (Phi) is 5.28. The molecule has 2 aromatic heterocycles. The molecule has 2 rings (SSSR count). The molecule has 22 heavy (non-hydrogen) atoms. The van der Waals surface area contributed by atoms with E-state index in [9.17, 15) is 4.79 Å². The van der Waals surface area contributed by atoms with Gasteiger partial charge in [-0.05, 0) is 19.9 Å². The number of hydrogen-bond acceptors (Lipinski definition) is 3. The number of halogens is 2. The second kappa shape index (κ2) is 6.99. The smallest absolute Gasteiger partial charge is 0.228 e. The summed E-state index contributed by atoms with van der Waals surface area (Å²) in [5.41, 5.74) is 1.19. The summed E-state index contributed by atoms with van der Waals surface area (Å²) in [6.45, 7) is 4.67. The number of amides is 1. The van der Waals surface area contributed by atoms with Gasteiger partial charge in [-0.15, -0.1) is 0 Å². The van der Waals surface area contributed by atoms with Crippen LogP contribution < -0.4 is 0 Å². The van der Waals surface area contributed by atoms with Crippen molar-refractivity contribution >= 4 is 34.8 Å². The Morgan fingerprint density at radius 1 is 1.50 bits per heavy atom. The molecule has 7 heteroatoms. The minimum atomic E-state index is -0.196. The maximum absolute atomic E-state index is 12.3. The van der Waals surface area contributed by atoms with Crippen LogP contribution in [0.4, 0.5) is 0 Å². The first-order valence-corrected chi connectivity index (χ1v) is 7.70. The number of rotatable bonds is 5. The van der Waals surface area contributed by atoms with Crippen molar-refractivity contribution in [3.63, 3.8) is 0 Å². The fourth-order valence-electron chi connectivity index (χ4n) is 2.21. The monoisotopic (exact) mass is 338 g/mol. The second-order valence-corrected chi connectivity index (χ2v) is 5.95. The molecule has 116 valence electrons. The summed E-state index contributed by atoms with van der Waals surface area (Å²) in [5.74, 6) is -0.256. The maximum atomic E-state index is 12.3. The zero-order valence-corrected chi connectivity index (χ0v) is 13.9. The molecule has 0 spiro atoms. The summed E-state index contributed by atoms with van der Waals surface area (Å²) in [6.07, 6.45) is 3.60. The van der Waals surface area contributed by atoms with Crippen molar-refractivity contribution in [2.24, 2.45) is 5.92 Å². The average Bonchev–Trinajstić information content (AvgIpc) is 2.86. The molecular weight excluding hydrogens is 323 g/mol. The normalized spacial score (nSPS) is 12.1. The summed E-state index contributed by atoms with van der Waals surface area (Å²) in [7, 11) is 0. The molecule has 0 fully saturated rings. The topological polar surface area (TPSA) is 61.4 Å². The number of carbonyl (C=O) groups excluding carboxylic acids is 1. The van der Waals surface area contributed by atoms with Crippen LogP contribution >= 0.6 is 23.2 Å². The van der Waals surface area contributed by atoms with Crippen molar-refractivity contribution in [3.8, 4) is 6.07 Å². The third kappa shape index (κ3) is 3.70. The van der Waals surface area contributed by atoms with E-state index in [1.165, 1.54) is 0 Å². The van der Waals surface area contributed by atoms with Gasteiger partial charge >= 0.3 is 0 Å². The van der Waals surface area contributed by atoms with Gasteiger partial charge in [-0.2, -0.15) is 5.26 Å². The highest BCUT2D eigenvalue weighted by atomic mass is 35.5. The Labute approximate surface area is 139 Å². The lowest BCUT2D eigenvalue weighted by Crippen LogP contribution is -2.35. The van der Waals surface area contributed by atoms with Crippen LogP contribution in [0.5, 0.6) is 0 Å². The first-order chi connectivity index (χ1) is 10.4. The molecule has 0 N–H and O–H groups in total. The van der Waals surface area contributed by atoms with Gasteiger partial charge in [0.15, 0.2) is 5.65 Å². The molecule has 1 amide bonds. The fraction of sp³-hybridized carbons (Fsp3) is 0.400. The van der Waals surface area contributed by atoms with Crippen LogP contribution in [0.1, 0.15) is 19.5 Å². The molecule has 0 saturated heterocycles. The van der Waals surface area contributed by atoms with Crippen LogP contribution in [0.2, 0.25) is 10.0 Å². The molecule has 0 aliphatic rings. The molecule has 2 aromatic rings. The van der Waals surface area contributed by atoms with Gasteiger partial charge in [0.05, 0.1) is 34.1 Å². The van der Waals surface area contributed by atoms with E-state index in [0.29, 0.717) is 34.5 Å². The van der Waals surface area contributed by atoms with E-state index in [1.54, 1.807) is 34.7 Å². The van der Waals surface area contributed by atoms with Gasteiger partial charge in [-0.3, -0.25) is 4.79 Å². The molecule has 0 saturated carbocycles. The van der Waals surface area contributed by atoms with E-state index < -0.39 is 0 Å². The predicted octanol–water partition coefficient (Wildman–Crippen LogP) is 3.19. The molecule has 0 unspecified atom stereocenters. The highest BCUT2D eigenvalue weighted by molar-refractivity contribution is 6.36. The summed E-state index contributed by atoms with van der Waals surface area (Å²) in [4.78, 5) is 18.4. The summed E-state index contributed by atoms with van der Waals surface area (Å²) in [5, 5.41) is 9.82. The number of hydrogen-bond donors (Lipinski definition) is 0. The minimum absolute atomic E-state index is 0.0600. The Balaban J connectivity index is 2.17. The lowest BCUT2D eigenvalue weighted by Gasteiger charge is -2.21. The van der Waals surface area contributed by atoms with Crippen molar-refractivity contribution in [1.29, 1.82) is 5.26 Å². The fourth-order valence-corrected chi connectivity index (χ4v) is 2.73. The second-order valence-electron chi connectivity index (χ2n) is 5.11. The number of aromatic nitrogens is 2. The number of carbonyl (C=O) groups is 1. The molecule has 0 aliphatic carbocycles. The van der Waals surface area contributed by atoms with Crippen molar-refractivity contribution in [2.45, 2.75) is 20.3 Å². The number of pyridine rings is 1. The van der Waals surface area contributed by atoms with Crippen LogP contribution in [-0.2, 0) is 11.2 Å². The van der Waals surface area contributed by atoms with Crippen molar-refractivity contribution in [1.82, 2.24) is 14.3 Å². The summed E-state index contributed by atoms with van der Waals surface area (Å²) < 4.78 is 1.71. The van der Waals surface area contributed by atoms with E-state index in [-0.39, 0.29) is 18.2 Å². The lowest BCUT2D eigenvalue weighted by molar-refractivity contribution is -0.130. The zero-order chi connectivity index (χ0) is 16.3. The molecule has 0 aromatic carbocycles. The van der Waals surface area contributed by atoms with E-state index >= 15 is 0 Å². The van der Waals surface area contributed by atoms with E-state index in [2.05, 4.69) is 11.1 Å². The van der Waals surface area contributed by atoms with Gasteiger partial charge in [-0.1, -0.05) is 23.2 Å². The van der Waals surface area contributed by atoms with Gasteiger partial charge in [0.2, 0.25) is 5.91 Å². The van der Waals surface area contributed by atoms with Gasteiger partial charge in [-0.25, -0.2) is 4.98 Å². The zero-order valence-electron chi connectivity index (χ0n) is 12.4. The average molecular weight is 339 g/mol. The number of nitriles is 1.